The Hall–Kier alpha value is -0.580. The molecule has 5 heteroatoms. The highest BCUT2D eigenvalue weighted by molar-refractivity contribution is 7.16. The van der Waals surface area contributed by atoms with E-state index in [2.05, 4.69) is 5.32 Å². The molecule has 1 aliphatic carbocycles. The molecule has 1 saturated carbocycles. The van der Waals surface area contributed by atoms with E-state index in [-0.39, 0.29) is 11.9 Å². The maximum atomic E-state index is 11.7. The Kier molecular flexibility index (Phi) is 3.84. The van der Waals surface area contributed by atoms with Gasteiger partial charge in [-0.3, -0.25) is 4.79 Å². The largest absolute Gasteiger partial charge is 0.468 e. The average molecular weight is 260 g/mol. The predicted molar refractivity (Wildman–Crippen MR) is 65.1 cm³/mol. The van der Waals surface area contributed by atoms with Gasteiger partial charge in [0.25, 0.3) is 0 Å². The summed E-state index contributed by atoms with van der Waals surface area (Å²) in [6, 6.07) is 4.29. The Balaban J connectivity index is 2.03. The highest BCUT2D eigenvalue weighted by Gasteiger charge is 2.27. The Morgan fingerprint density at radius 2 is 2.44 bits per heavy atom. The number of ether oxygens (including phenoxy) is 1. The molecule has 0 bridgehead atoms. The van der Waals surface area contributed by atoms with Gasteiger partial charge in [0.2, 0.25) is 0 Å². The number of halogens is 1. The van der Waals surface area contributed by atoms with Gasteiger partial charge in [0.05, 0.1) is 11.4 Å². The second kappa shape index (κ2) is 5.17. The minimum atomic E-state index is -0.233. The smallest absolute Gasteiger partial charge is 0.315 e. The molecule has 0 saturated heterocycles. The molecule has 1 atom stereocenters. The van der Waals surface area contributed by atoms with Crippen LogP contribution in [0.1, 0.15) is 23.6 Å². The Morgan fingerprint density at radius 3 is 2.94 bits per heavy atom. The second-order valence-corrected chi connectivity index (χ2v) is 5.65. The minimum absolute atomic E-state index is 0.202. The van der Waals surface area contributed by atoms with Crippen molar-refractivity contribution in [2.75, 3.05) is 13.7 Å². The molecule has 1 aromatic heterocycles. The summed E-state index contributed by atoms with van der Waals surface area (Å²) in [5, 5.41) is 3.34. The number of carbonyl (C=O) groups is 1. The fourth-order valence-corrected chi connectivity index (χ4v) is 2.68. The lowest BCUT2D eigenvalue weighted by Crippen LogP contribution is -2.28. The molecule has 0 amide bonds. The number of hydrogen-bond donors (Lipinski definition) is 1. The van der Waals surface area contributed by atoms with Crippen LogP contribution < -0.4 is 5.32 Å². The van der Waals surface area contributed by atoms with Gasteiger partial charge in [0.1, 0.15) is 5.92 Å². The number of nitrogens with one attached hydrogen (secondary N) is 1. The summed E-state index contributed by atoms with van der Waals surface area (Å²) in [5.41, 5.74) is 0. The first-order valence-electron chi connectivity index (χ1n) is 5.27. The maximum absolute atomic E-state index is 11.7. The van der Waals surface area contributed by atoms with Crippen LogP contribution in [0.15, 0.2) is 12.1 Å². The summed E-state index contributed by atoms with van der Waals surface area (Å²) < 4.78 is 5.52. The third kappa shape index (κ3) is 2.97. The zero-order chi connectivity index (χ0) is 11.5. The molecule has 0 aromatic carbocycles. The molecule has 0 radical (unpaired) electrons. The highest BCUT2D eigenvalue weighted by Crippen LogP contribution is 2.29. The van der Waals surface area contributed by atoms with E-state index in [0.29, 0.717) is 16.9 Å². The normalized spacial score (nSPS) is 17.1. The third-order valence-electron chi connectivity index (χ3n) is 2.61. The molecule has 1 aliphatic rings. The van der Waals surface area contributed by atoms with Crippen LogP contribution in [0.2, 0.25) is 4.34 Å². The third-order valence-corrected chi connectivity index (χ3v) is 3.96. The van der Waals surface area contributed by atoms with Crippen LogP contribution in [0.3, 0.4) is 0 Å². The summed E-state index contributed by atoms with van der Waals surface area (Å²) in [4.78, 5) is 12.6. The van der Waals surface area contributed by atoms with Gasteiger partial charge >= 0.3 is 5.97 Å². The van der Waals surface area contributed by atoms with E-state index in [1.165, 1.54) is 31.3 Å². The van der Waals surface area contributed by atoms with Gasteiger partial charge in [0, 0.05) is 17.5 Å². The zero-order valence-electron chi connectivity index (χ0n) is 9.03. The van der Waals surface area contributed by atoms with E-state index >= 15 is 0 Å². The maximum Gasteiger partial charge on any atom is 0.315 e. The van der Waals surface area contributed by atoms with Gasteiger partial charge in [-0.2, -0.15) is 0 Å². The molecular weight excluding hydrogens is 246 g/mol. The van der Waals surface area contributed by atoms with E-state index < -0.39 is 0 Å². The van der Waals surface area contributed by atoms with Crippen molar-refractivity contribution in [3.05, 3.63) is 21.3 Å². The van der Waals surface area contributed by atoms with Gasteiger partial charge in [-0.1, -0.05) is 11.6 Å². The molecule has 1 N–H and O–H groups in total. The van der Waals surface area contributed by atoms with Crippen molar-refractivity contribution in [1.82, 2.24) is 5.32 Å². The van der Waals surface area contributed by atoms with Crippen molar-refractivity contribution in [2.45, 2.75) is 24.8 Å². The number of carbonyl (C=O) groups excluding carboxylic acids is 1. The van der Waals surface area contributed by atoms with Crippen LogP contribution >= 0.6 is 22.9 Å². The average Bonchev–Trinajstić information content (AvgIpc) is 3.01. The molecule has 0 aliphatic heterocycles. The van der Waals surface area contributed by atoms with Gasteiger partial charge in [-0.25, -0.2) is 0 Å². The van der Waals surface area contributed by atoms with Gasteiger partial charge in [-0.15, -0.1) is 11.3 Å². The monoisotopic (exact) mass is 259 g/mol. The van der Waals surface area contributed by atoms with Crippen molar-refractivity contribution in [1.29, 1.82) is 0 Å². The van der Waals surface area contributed by atoms with Crippen molar-refractivity contribution in [2.24, 2.45) is 0 Å². The van der Waals surface area contributed by atoms with Crippen LogP contribution in [0.25, 0.3) is 0 Å². The first kappa shape index (κ1) is 11.9. The van der Waals surface area contributed by atoms with Crippen LogP contribution in [-0.2, 0) is 9.53 Å². The SMILES string of the molecule is COC(=O)C(CNC1CC1)c1ccc(Cl)s1. The predicted octanol–water partition coefficient (Wildman–Crippen LogP) is 2.41. The summed E-state index contributed by atoms with van der Waals surface area (Å²) in [7, 11) is 1.42. The standard InChI is InChI=1S/C11H14ClNO2S/c1-15-11(14)8(6-13-7-2-3-7)9-4-5-10(12)16-9/h4-5,7-8,13H,2-3,6H2,1H3. The molecule has 1 unspecified atom stereocenters. The van der Waals surface area contributed by atoms with Gasteiger partial charge < -0.3 is 10.1 Å². The molecular formula is C11H14ClNO2S. The highest BCUT2D eigenvalue weighted by atomic mass is 35.5. The summed E-state index contributed by atoms with van der Waals surface area (Å²) in [6.07, 6.45) is 2.41. The van der Waals surface area contributed by atoms with Gasteiger partial charge in [0.15, 0.2) is 0 Å². The lowest BCUT2D eigenvalue weighted by atomic mass is 10.1. The fraction of sp³-hybridized carbons (Fsp3) is 0.545. The van der Waals surface area contributed by atoms with Crippen molar-refractivity contribution < 1.29 is 9.53 Å². The quantitative estimate of drug-likeness (QED) is 0.826. The van der Waals surface area contributed by atoms with E-state index in [1.807, 2.05) is 12.1 Å². The van der Waals surface area contributed by atoms with E-state index in [9.17, 15) is 4.79 Å². The van der Waals surface area contributed by atoms with Crippen LogP contribution in [0, 0.1) is 0 Å². The Bertz CT molecular complexity index is 376. The van der Waals surface area contributed by atoms with Crippen molar-refractivity contribution >= 4 is 28.9 Å². The fourth-order valence-electron chi connectivity index (χ4n) is 1.53. The molecule has 1 fully saturated rings. The molecule has 88 valence electrons. The Morgan fingerprint density at radius 1 is 1.69 bits per heavy atom. The number of esters is 1. The lowest BCUT2D eigenvalue weighted by molar-refractivity contribution is -0.142. The lowest BCUT2D eigenvalue weighted by Gasteiger charge is -2.13. The van der Waals surface area contributed by atoms with Crippen molar-refractivity contribution in [3.63, 3.8) is 0 Å². The van der Waals surface area contributed by atoms with Crippen LogP contribution in [0.5, 0.6) is 0 Å². The van der Waals surface area contributed by atoms with Gasteiger partial charge in [-0.05, 0) is 25.0 Å². The van der Waals surface area contributed by atoms with Crippen LogP contribution in [-0.4, -0.2) is 25.7 Å². The van der Waals surface area contributed by atoms with Crippen LogP contribution in [0.4, 0.5) is 0 Å². The topological polar surface area (TPSA) is 38.3 Å². The molecule has 16 heavy (non-hydrogen) atoms. The zero-order valence-corrected chi connectivity index (χ0v) is 10.6. The molecule has 2 rings (SSSR count). The first-order chi connectivity index (χ1) is 7.70. The van der Waals surface area contributed by atoms with Crippen molar-refractivity contribution in [3.8, 4) is 0 Å². The second-order valence-electron chi connectivity index (χ2n) is 3.90. The first-order valence-corrected chi connectivity index (χ1v) is 6.46. The number of hydrogen-bond acceptors (Lipinski definition) is 4. The number of rotatable bonds is 5. The molecule has 1 aromatic rings. The molecule has 1 heterocycles. The van der Waals surface area contributed by atoms with E-state index in [1.54, 1.807) is 0 Å². The van der Waals surface area contributed by atoms with E-state index in [4.69, 9.17) is 16.3 Å². The summed E-state index contributed by atoms with van der Waals surface area (Å²) >= 11 is 7.31. The number of thiophene rings is 1. The summed E-state index contributed by atoms with van der Waals surface area (Å²) in [6.45, 7) is 0.633. The summed E-state index contributed by atoms with van der Waals surface area (Å²) in [5.74, 6) is -0.435. The minimum Gasteiger partial charge on any atom is -0.468 e. The molecule has 0 spiro atoms. The number of methoxy groups -OCH3 is 1. The Labute approximate surface area is 104 Å². The molecule has 3 nitrogen and oxygen atoms in total. The van der Waals surface area contributed by atoms with E-state index in [0.717, 1.165) is 4.88 Å².